The number of urea groups is 1. The van der Waals surface area contributed by atoms with Gasteiger partial charge in [-0.2, -0.15) is 0 Å². The molecule has 60 valence electrons. The second-order valence-corrected chi connectivity index (χ2v) is 2.24. The Bertz CT molecular complexity index is 116. The average molecular weight is 146 g/mol. The lowest BCUT2D eigenvalue weighted by Gasteiger charge is -2.18. The molecule has 0 saturated carbocycles. The first-order valence-corrected chi connectivity index (χ1v) is 3.16. The van der Waals surface area contributed by atoms with E-state index in [4.69, 9.17) is 10.5 Å². The highest BCUT2D eigenvalue weighted by Gasteiger charge is 2.11. The van der Waals surface area contributed by atoms with Crippen molar-refractivity contribution in [2.45, 2.75) is 26.0 Å². The normalized spacial score (nSPS) is 15.9. The van der Waals surface area contributed by atoms with Crippen LogP contribution in [0.4, 0.5) is 4.79 Å². The Hall–Kier alpha value is -0.770. The van der Waals surface area contributed by atoms with Crippen LogP contribution >= 0.6 is 0 Å². The van der Waals surface area contributed by atoms with Crippen LogP contribution in [0, 0.1) is 0 Å². The average Bonchev–Trinajstić information content (AvgIpc) is 1.85. The Labute approximate surface area is 60.7 Å². The van der Waals surface area contributed by atoms with Crippen molar-refractivity contribution in [1.82, 2.24) is 5.32 Å². The molecule has 0 rings (SSSR count). The fourth-order valence-corrected chi connectivity index (χ4v) is 0.546. The predicted octanol–water partition coefficient (Wildman–Crippen LogP) is 0.0781. The molecule has 1 unspecified atom stereocenters. The summed E-state index contributed by atoms with van der Waals surface area (Å²) >= 11 is 0. The van der Waals surface area contributed by atoms with Gasteiger partial charge in [-0.15, -0.1) is 0 Å². The van der Waals surface area contributed by atoms with E-state index in [9.17, 15) is 4.79 Å². The quantitative estimate of drug-likeness (QED) is 0.592. The summed E-state index contributed by atoms with van der Waals surface area (Å²) in [6.45, 7) is 3.69. The fraction of sp³-hybridized carbons (Fsp3) is 0.833. The van der Waals surface area contributed by atoms with E-state index in [2.05, 4.69) is 5.32 Å². The molecule has 0 heterocycles. The number of rotatable bonds is 3. The molecule has 0 aromatic heterocycles. The summed E-state index contributed by atoms with van der Waals surface area (Å²) in [4.78, 5) is 10.3. The SMILES string of the molecule is COC(C)[C@H](C)NC(N)=O. The number of methoxy groups -OCH3 is 1. The van der Waals surface area contributed by atoms with Crippen LogP contribution in [0.3, 0.4) is 0 Å². The molecule has 0 fully saturated rings. The van der Waals surface area contributed by atoms with Crippen molar-refractivity contribution in [1.29, 1.82) is 0 Å². The van der Waals surface area contributed by atoms with E-state index in [0.29, 0.717) is 0 Å². The van der Waals surface area contributed by atoms with E-state index in [1.165, 1.54) is 0 Å². The standard InChI is InChI=1S/C6H14N2O2/c1-4(5(2)10-3)8-6(7)9/h4-5H,1-3H3,(H3,7,8,9)/t4-,5?/m0/s1. The van der Waals surface area contributed by atoms with Crippen LogP contribution in [0.5, 0.6) is 0 Å². The molecule has 4 nitrogen and oxygen atoms in total. The first kappa shape index (κ1) is 9.23. The van der Waals surface area contributed by atoms with E-state index in [1.807, 2.05) is 13.8 Å². The molecule has 0 aliphatic carbocycles. The van der Waals surface area contributed by atoms with Gasteiger partial charge in [-0.25, -0.2) is 4.79 Å². The van der Waals surface area contributed by atoms with Crippen LogP contribution in [0.15, 0.2) is 0 Å². The third-order valence-electron chi connectivity index (χ3n) is 1.45. The maximum atomic E-state index is 10.3. The lowest BCUT2D eigenvalue weighted by Crippen LogP contribution is -2.43. The maximum Gasteiger partial charge on any atom is 0.312 e. The Morgan fingerprint density at radius 2 is 2.10 bits per heavy atom. The summed E-state index contributed by atoms with van der Waals surface area (Å²) in [5.41, 5.74) is 4.88. The highest BCUT2D eigenvalue weighted by atomic mass is 16.5. The van der Waals surface area contributed by atoms with Crippen molar-refractivity contribution in [2.75, 3.05) is 7.11 Å². The zero-order valence-electron chi connectivity index (χ0n) is 6.55. The number of nitrogens with two attached hydrogens (primary N) is 1. The molecule has 0 aliphatic heterocycles. The van der Waals surface area contributed by atoms with E-state index < -0.39 is 6.03 Å². The third kappa shape index (κ3) is 3.29. The van der Waals surface area contributed by atoms with Crippen molar-refractivity contribution >= 4 is 6.03 Å². The largest absolute Gasteiger partial charge is 0.380 e. The van der Waals surface area contributed by atoms with Crippen molar-refractivity contribution < 1.29 is 9.53 Å². The lowest BCUT2D eigenvalue weighted by molar-refractivity contribution is 0.0917. The molecule has 0 bridgehead atoms. The fourth-order valence-electron chi connectivity index (χ4n) is 0.546. The number of carbonyl (C=O) groups is 1. The third-order valence-corrected chi connectivity index (χ3v) is 1.45. The molecule has 0 aromatic rings. The van der Waals surface area contributed by atoms with Gasteiger partial charge in [0.1, 0.15) is 0 Å². The minimum absolute atomic E-state index is 0.00694. The van der Waals surface area contributed by atoms with E-state index in [-0.39, 0.29) is 12.1 Å². The van der Waals surface area contributed by atoms with Gasteiger partial charge in [-0.05, 0) is 13.8 Å². The highest BCUT2D eigenvalue weighted by Crippen LogP contribution is 1.94. The van der Waals surface area contributed by atoms with Gasteiger partial charge < -0.3 is 15.8 Å². The molecule has 2 amide bonds. The van der Waals surface area contributed by atoms with Gasteiger partial charge in [0.2, 0.25) is 0 Å². The van der Waals surface area contributed by atoms with Crippen LogP contribution in [0.2, 0.25) is 0 Å². The van der Waals surface area contributed by atoms with Crippen LogP contribution < -0.4 is 11.1 Å². The zero-order valence-corrected chi connectivity index (χ0v) is 6.55. The van der Waals surface area contributed by atoms with Crippen LogP contribution in [0.1, 0.15) is 13.8 Å². The monoisotopic (exact) mass is 146 g/mol. The van der Waals surface area contributed by atoms with E-state index in [0.717, 1.165) is 0 Å². The van der Waals surface area contributed by atoms with Crippen molar-refractivity contribution in [2.24, 2.45) is 5.73 Å². The van der Waals surface area contributed by atoms with Gasteiger partial charge in [0.15, 0.2) is 0 Å². The van der Waals surface area contributed by atoms with Crippen LogP contribution in [0.25, 0.3) is 0 Å². The maximum absolute atomic E-state index is 10.3. The molecular formula is C6H14N2O2. The van der Waals surface area contributed by atoms with Gasteiger partial charge in [0.05, 0.1) is 12.1 Å². The summed E-state index contributed by atoms with van der Waals surface area (Å²) in [5.74, 6) is 0. The number of primary amides is 1. The predicted molar refractivity (Wildman–Crippen MR) is 38.7 cm³/mol. The molecule has 0 saturated heterocycles. The van der Waals surface area contributed by atoms with Gasteiger partial charge in [0.25, 0.3) is 0 Å². The zero-order chi connectivity index (χ0) is 8.15. The molecule has 2 atom stereocenters. The topological polar surface area (TPSA) is 64.3 Å². The summed E-state index contributed by atoms with van der Waals surface area (Å²) in [6.07, 6.45) is -0.00694. The van der Waals surface area contributed by atoms with Gasteiger partial charge in [0, 0.05) is 7.11 Å². The van der Waals surface area contributed by atoms with Crippen molar-refractivity contribution in [3.05, 3.63) is 0 Å². The number of hydrogen-bond acceptors (Lipinski definition) is 2. The van der Waals surface area contributed by atoms with Gasteiger partial charge in [-0.3, -0.25) is 0 Å². The van der Waals surface area contributed by atoms with E-state index >= 15 is 0 Å². The number of ether oxygens (including phenoxy) is 1. The molecular weight excluding hydrogens is 132 g/mol. The number of nitrogens with one attached hydrogen (secondary N) is 1. The minimum atomic E-state index is -0.517. The van der Waals surface area contributed by atoms with Gasteiger partial charge in [-0.1, -0.05) is 0 Å². The van der Waals surface area contributed by atoms with Gasteiger partial charge >= 0.3 is 6.03 Å². The Morgan fingerprint density at radius 3 is 2.40 bits per heavy atom. The Kier molecular flexibility index (Phi) is 3.79. The highest BCUT2D eigenvalue weighted by molar-refractivity contribution is 5.71. The number of hydrogen-bond donors (Lipinski definition) is 2. The Morgan fingerprint density at radius 1 is 1.60 bits per heavy atom. The molecule has 10 heavy (non-hydrogen) atoms. The summed E-state index contributed by atoms with van der Waals surface area (Å²) < 4.78 is 4.94. The molecule has 0 aliphatic rings. The van der Waals surface area contributed by atoms with E-state index in [1.54, 1.807) is 7.11 Å². The second kappa shape index (κ2) is 4.11. The lowest BCUT2D eigenvalue weighted by atomic mass is 10.2. The molecule has 3 N–H and O–H groups in total. The smallest absolute Gasteiger partial charge is 0.312 e. The molecule has 4 heteroatoms. The Balaban J connectivity index is 3.61. The minimum Gasteiger partial charge on any atom is -0.380 e. The molecule has 0 spiro atoms. The van der Waals surface area contributed by atoms with Crippen molar-refractivity contribution in [3.8, 4) is 0 Å². The first-order chi connectivity index (χ1) is 4.57. The van der Waals surface area contributed by atoms with Crippen LogP contribution in [-0.4, -0.2) is 25.3 Å². The molecule has 0 radical (unpaired) electrons. The molecule has 0 aromatic carbocycles. The van der Waals surface area contributed by atoms with Crippen LogP contribution in [-0.2, 0) is 4.74 Å². The summed E-state index contributed by atoms with van der Waals surface area (Å²) in [6, 6.07) is -0.557. The summed E-state index contributed by atoms with van der Waals surface area (Å²) in [7, 11) is 1.59. The number of amides is 2. The number of carbonyl (C=O) groups excluding carboxylic acids is 1. The van der Waals surface area contributed by atoms with Crippen molar-refractivity contribution in [3.63, 3.8) is 0 Å². The second-order valence-electron chi connectivity index (χ2n) is 2.24. The first-order valence-electron chi connectivity index (χ1n) is 3.16. The summed E-state index contributed by atoms with van der Waals surface area (Å²) in [5, 5.41) is 2.51.